The number of aromatic nitrogens is 4. The van der Waals surface area contributed by atoms with Gasteiger partial charge in [0.15, 0.2) is 5.78 Å². The van der Waals surface area contributed by atoms with Crippen molar-refractivity contribution in [2.24, 2.45) is 0 Å². The van der Waals surface area contributed by atoms with Crippen molar-refractivity contribution in [1.29, 1.82) is 0 Å². The quantitative estimate of drug-likeness (QED) is 0.340. The number of aryl methyl sites for hydroxylation is 1. The molecule has 1 N–H and O–H groups in total. The molecule has 0 aliphatic carbocycles. The fourth-order valence-electron chi connectivity index (χ4n) is 2.59. The first kappa shape index (κ1) is 20.5. The number of hydrogen-bond donors (Lipinski definition) is 1. The third kappa shape index (κ3) is 4.77. The van der Waals surface area contributed by atoms with E-state index < -0.39 is 17.1 Å². The van der Waals surface area contributed by atoms with E-state index in [2.05, 4.69) is 21.8 Å². The minimum absolute atomic E-state index is 0.0388. The second-order valence-electron chi connectivity index (χ2n) is 6.10. The van der Waals surface area contributed by atoms with Crippen molar-refractivity contribution in [3.63, 3.8) is 0 Å². The number of aromatic amines is 1. The number of carbonyl (C=O) groups is 1. The molecule has 0 spiro atoms. The van der Waals surface area contributed by atoms with Crippen molar-refractivity contribution >= 4 is 17.5 Å². The summed E-state index contributed by atoms with van der Waals surface area (Å²) in [5, 5.41) is 7.93. The average molecular weight is 416 g/mol. The lowest BCUT2D eigenvalue weighted by atomic mass is 10.1. The molecule has 10 heteroatoms. The summed E-state index contributed by atoms with van der Waals surface area (Å²) in [6.07, 6.45) is 1.49. The predicted molar refractivity (Wildman–Crippen MR) is 105 cm³/mol. The molecular weight excluding hydrogens is 399 g/mol. The standard InChI is InChI=1S/C19H17FN4O4S/c1-3-8-24-17(26)14(11(2)21-18(24)27)9-16-22-23-19(28-16)29-10-15(25)12-4-6-13(20)7-5-12/h3-7H,1,8-10H2,2H3,(H,21,27). The predicted octanol–water partition coefficient (Wildman–Crippen LogP) is 2.12. The monoisotopic (exact) mass is 416 g/mol. The Morgan fingerprint density at radius 1 is 1.31 bits per heavy atom. The number of carbonyl (C=O) groups excluding carboxylic acids is 1. The van der Waals surface area contributed by atoms with Gasteiger partial charge in [0.1, 0.15) is 5.82 Å². The maximum Gasteiger partial charge on any atom is 0.328 e. The second-order valence-corrected chi connectivity index (χ2v) is 7.02. The summed E-state index contributed by atoms with van der Waals surface area (Å²) in [5.41, 5.74) is 0.154. The van der Waals surface area contributed by atoms with E-state index in [0.717, 1.165) is 16.3 Å². The van der Waals surface area contributed by atoms with E-state index in [9.17, 15) is 18.8 Å². The van der Waals surface area contributed by atoms with Crippen molar-refractivity contribution in [2.75, 3.05) is 5.75 Å². The molecule has 1 aromatic carbocycles. The van der Waals surface area contributed by atoms with Crippen molar-refractivity contribution in [3.05, 3.63) is 86.3 Å². The summed E-state index contributed by atoms with van der Waals surface area (Å²) in [6, 6.07) is 5.25. The summed E-state index contributed by atoms with van der Waals surface area (Å²) >= 11 is 1.04. The number of ketones is 1. The van der Waals surface area contributed by atoms with E-state index in [-0.39, 0.29) is 35.6 Å². The van der Waals surface area contributed by atoms with Gasteiger partial charge in [-0.2, -0.15) is 0 Å². The lowest BCUT2D eigenvalue weighted by Gasteiger charge is -2.06. The Kier molecular flexibility index (Phi) is 6.23. The summed E-state index contributed by atoms with van der Waals surface area (Å²) in [6.45, 7) is 5.23. The lowest BCUT2D eigenvalue weighted by molar-refractivity contribution is 0.102. The van der Waals surface area contributed by atoms with E-state index in [1.807, 2.05) is 0 Å². The number of hydrogen-bond acceptors (Lipinski definition) is 7. The molecule has 2 aromatic heterocycles. The number of Topliss-reactive ketones (excluding diaryl/α,β-unsaturated/α-hetero) is 1. The lowest BCUT2D eigenvalue weighted by Crippen LogP contribution is -2.37. The first-order valence-electron chi connectivity index (χ1n) is 8.56. The van der Waals surface area contributed by atoms with Crippen LogP contribution in [0.3, 0.4) is 0 Å². The molecule has 0 unspecified atom stereocenters. The average Bonchev–Trinajstić information content (AvgIpc) is 3.14. The number of nitrogens with zero attached hydrogens (tertiary/aromatic N) is 3. The van der Waals surface area contributed by atoms with E-state index in [4.69, 9.17) is 4.42 Å². The zero-order valence-electron chi connectivity index (χ0n) is 15.5. The van der Waals surface area contributed by atoms with Gasteiger partial charge in [-0.25, -0.2) is 9.18 Å². The zero-order valence-corrected chi connectivity index (χ0v) is 16.3. The SMILES string of the molecule is C=CCn1c(=O)[nH]c(C)c(Cc2nnc(SCC(=O)c3ccc(F)cc3)o2)c1=O. The van der Waals surface area contributed by atoms with E-state index in [0.29, 0.717) is 16.8 Å². The van der Waals surface area contributed by atoms with Crippen molar-refractivity contribution in [1.82, 2.24) is 19.7 Å². The normalized spacial score (nSPS) is 10.8. The van der Waals surface area contributed by atoms with Gasteiger partial charge in [-0.1, -0.05) is 17.8 Å². The summed E-state index contributed by atoms with van der Waals surface area (Å²) in [7, 11) is 0. The molecule has 0 fully saturated rings. The van der Waals surface area contributed by atoms with Crippen LogP contribution in [0.15, 0.2) is 56.1 Å². The molecule has 0 radical (unpaired) electrons. The molecule has 0 aliphatic rings. The third-order valence-corrected chi connectivity index (χ3v) is 4.89. The molecule has 3 aromatic rings. The Hall–Kier alpha value is -3.27. The number of H-pyrrole nitrogens is 1. The van der Waals surface area contributed by atoms with Crippen LogP contribution in [0.25, 0.3) is 0 Å². The molecule has 2 heterocycles. The van der Waals surface area contributed by atoms with Crippen LogP contribution in [-0.2, 0) is 13.0 Å². The molecule has 3 rings (SSSR count). The van der Waals surface area contributed by atoms with Crippen LogP contribution in [0.1, 0.15) is 27.5 Å². The number of allylic oxidation sites excluding steroid dienone is 1. The molecule has 0 atom stereocenters. The minimum Gasteiger partial charge on any atom is -0.416 e. The Bertz CT molecular complexity index is 1160. The number of halogens is 1. The van der Waals surface area contributed by atoms with Crippen LogP contribution in [0.4, 0.5) is 4.39 Å². The van der Waals surface area contributed by atoms with Crippen LogP contribution in [0.5, 0.6) is 0 Å². The summed E-state index contributed by atoms with van der Waals surface area (Å²) in [5.74, 6) is -0.407. The Morgan fingerprint density at radius 3 is 2.72 bits per heavy atom. The van der Waals surface area contributed by atoms with Gasteiger partial charge < -0.3 is 9.40 Å². The van der Waals surface area contributed by atoms with Gasteiger partial charge in [-0.3, -0.25) is 14.2 Å². The van der Waals surface area contributed by atoms with Crippen LogP contribution in [0, 0.1) is 12.7 Å². The Balaban J connectivity index is 1.71. The molecule has 8 nitrogen and oxygen atoms in total. The molecule has 29 heavy (non-hydrogen) atoms. The maximum atomic E-state index is 12.9. The highest BCUT2D eigenvalue weighted by atomic mass is 32.2. The topological polar surface area (TPSA) is 111 Å². The molecule has 0 saturated heterocycles. The van der Waals surface area contributed by atoms with Gasteiger partial charge in [-0.05, 0) is 31.2 Å². The third-order valence-electron chi connectivity index (χ3n) is 4.08. The fourth-order valence-corrected chi connectivity index (χ4v) is 3.26. The van der Waals surface area contributed by atoms with Crippen LogP contribution >= 0.6 is 11.8 Å². The molecular formula is C19H17FN4O4S. The fraction of sp³-hybridized carbons (Fsp3) is 0.211. The van der Waals surface area contributed by atoms with E-state index >= 15 is 0 Å². The molecule has 150 valence electrons. The van der Waals surface area contributed by atoms with Crippen molar-refractivity contribution in [2.45, 2.75) is 25.1 Å². The minimum atomic E-state index is -0.516. The Morgan fingerprint density at radius 2 is 2.03 bits per heavy atom. The summed E-state index contributed by atoms with van der Waals surface area (Å²) < 4.78 is 19.5. The molecule has 0 bridgehead atoms. The van der Waals surface area contributed by atoms with Crippen LogP contribution in [0.2, 0.25) is 0 Å². The second kappa shape index (κ2) is 8.82. The molecule has 0 saturated carbocycles. The number of thioether (sulfide) groups is 1. The number of nitrogens with one attached hydrogen (secondary N) is 1. The van der Waals surface area contributed by atoms with Gasteiger partial charge in [-0.15, -0.1) is 16.8 Å². The highest BCUT2D eigenvalue weighted by molar-refractivity contribution is 7.99. The first-order chi connectivity index (χ1) is 13.9. The summed E-state index contributed by atoms with van der Waals surface area (Å²) in [4.78, 5) is 39.2. The highest BCUT2D eigenvalue weighted by Gasteiger charge is 2.16. The van der Waals surface area contributed by atoms with Gasteiger partial charge >= 0.3 is 5.69 Å². The van der Waals surface area contributed by atoms with E-state index in [1.54, 1.807) is 6.92 Å². The van der Waals surface area contributed by atoms with Gasteiger partial charge in [0, 0.05) is 23.4 Å². The molecule has 0 aliphatic heterocycles. The zero-order chi connectivity index (χ0) is 21.0. The largest absolute Gasteiger partial charge is 0.416 e. The van der Waals surface area contributed by atoms with Crippen molar-refractivity contribution in [3.8, 4) is 0 Å². The van der Waals surface area contributed by atoms with Crippen molar-refractivity contribution < 1.29 is 13.6 Å². The van der Waals surface area contributed by atoms with Crippen LogP contribution in [-0.4, -0.2) is 31.3 Å². The smallest absolute Gasteiger partial charge is 0.328 e. The van der Waals surface area contributed by atoms with Crippen LogP contribution < -0.4 is 11.2 Å². The maximum absolute atomic E-state index is 12.9. The Labute approximate surface area is 168 Å². The van der Waals surface area contributed by atoms with Gasteiger partial charge in [0.25, 0.3) is 10.8 Å². The number of benzene rings is 1. The van der Waals surface area contributed by atoms with Gasteiger partial charge in [0.2, 0.25) is 5.89 Å². The van der Waals surface area contributed by atoms with Gasteiger partial charge in [0.05, 0.1) is 12.2 Å². The number of rotatable bonds is 8. The molecule has 0 amide bonds. The highest BCUT2D eigenvalue weighted by Crippen LogP contribution is 2.19. The first-order valence-corrected chi connectivity index (χ1v) is 9.55. The van der Waals surface area contributed by atoms with E-state index in [1.165, 1.54) is 30.3 Å².